The van der Waals surface area contributed by atoms with E-state index in [1.165, 1.54) is 0 Å². The zero-order valence-electron chi connectivity index (χ0n) is 20.6. The molecular formula is C27H27BrN6O2. The number of aromatic nitrogens is 4. The van der Waals surface area contributed by atoms with E-state index in [0.717, 1.165) is 68.8 Å². The van der Waals surface area contributed by atoms with Crippen molar-refractivity contribution in [1.82, 2.24) is 19.7 Å². The Morgan fingerprint density at radius 2 is 1.92 bits per heavy atom. The first-order valence-corrected chi connectivity index (χ1v) is 12.5. The maximum absolute atomic E-state index is 13.4. The lowest BCUT2D eigenvalue weighted by atomic mass is 10.1. The summed E-state index contributed by atoms with van der Waals surface area (Å²) in [6.07, 6.45) is 4.29. The molecule has 0 fully saturated rings. The van der Waals surface area contributed by atoms with Crippen LogP contribution in [-0.4, -0.2) is 32.8 Å². The van der Waals surface area contributed by atoms with Gasteiger partial charge in [-0.15, -0.1) is 0 Å². The molecular weight excluding hydrogens is 520 g/mol. The molecule has 2 heterocycles. The molecule has 184 valence electrons. The molecule has 4 aromatic rings. The van der Waals surface area contributed by atoms with Crippen molar-refractivity contribution in [2.24, 2.45) is 7.05 Å². The number of aryl methyl sites for hydroxylation is 4. The Morgan fingerprint density at radius 3 is 2.67 bits per heavy atom. The number of para-hydroxylation sites is 1. The molecule has 2 aromatic carbocycles. The van der Waals surface area contributed by atoms with Gasteiger partial charge in [-0.2, -0.15) is 5.10 Å². The van der Waals surface area contributed by atoms with Crippen LogP contribution in [0.3, 0.4) is 0 Å². The van der Waals surface area contributed by atoms with Crippen molar-refractivity contribution in [3.8, 4) is 17.1 Å². The van der Waals surface area contributed by atoms with E-state index in [4.69, 9.17) is 9.72 Å². The molecule has 2 N–H and O–H groups in total. The quantitative estimate of drug-likeness (QED) is 0.331. The number of benzene rings is 2. The molecule has 9 heteroatoms. The van der Waals surface area contributed by atoms with Crippen molar-refractivity contribution in [2.75, 3.05) is 17.7 Å². The van der Waals surface area contributed by atoms with Crippen LogP contribution >= 0.6 is 15.9 Å². The number of nitrogens with one attached hydrogen (secondary N) is 2. The summed E-state index contributed by atoms with van der Waals surface area (Å²) in [5.74, 6) is 0.916. The van der Waals surface area contributed by atoms with E-state index in [9.17, 15) is 4.79 Å². The van der Waals surface area contributed by atoms with Gasteiger partial charge in [0.1, 0.15) is 5.75 Å². The molecule has 0 bridgehead atoms. The fourth-order valence-corrected chi connectivity index (χ4v) is 5.01. The summed E-state index contributed by atoms with van der Waals surface area (Å²) < 4.78 is 8.17. The third-order valence-corrected chi connectivity index (χ3v) is 6.95. The molecule has 0 spiro atoms. The van der Waals surface area contributed by atoms with Gasteiger partial charge in [-0.05, 0) is 68.0 Å². The normalized spacial score (nSPS) is 12.4. The van der Waals surface area contributed by atoms with Crippen LogP contribution in [0, 0.1) is 13.8 Å². The number of carbonyl (C=O) groups is 1. The van der Waals surface area contributed by atoms with E-state index >= 15 is 0 Å². The van der Waals surface area contributed by atoms with Crippen molar-refractivity contribution in [2.45, 2.75) is 33.1 Å². The number of fused-ring (bicyclic) bond motifs is 3. The van der Waals surface area contributed by atoms with Crippen LogP contribution in [0.4, 0.5) is 17.3 Å². The molecule has 0 saturated heterocycles. The van der Waals surface area contributed by atoms with Gasteiger partial charge < -0.3 is 15.4 Å². The third kappa shape index (κ3) is 4.46. The smallest absolute Gasteiger partial charge is 0.276 e. The summed E-state index contributed by atoms with van der Waals surface area (Å²) in [6, 6.07) is 11.7. The maximum atomic E-state index is 13.4. The first-order valence-electron chi connectivity index (χ1n) is 11.8. The molecule has 0 atom stereocenters. The topological polar surface area (TPSA) is 94.0 Å². The summed E-state index contributed by atoms with van der Waals surface area (Å²) in [5.41, 5.74) is 7.63. The molecule has 5 rings (SSSR count). The highest BCUT2D eigenvalue weighted by molar-refractivity contribution is 9.10. The summed E-state index contributed by atoms with van der Waals surface area (Å²) >= 11 is 3.47. The van der Waals surface area contributed by atoms with Crippen molar-refractivity contribution in [3.63, 3.8) is 0 Å². The van der Waals surface area contributed by atoms with Crippen LogP contribution in [-0.2, 0) is 19.9 Å². The molecule has 8 nitrogen and oxygen atoms in total. The average molecular weight is 547 g/mol. The molecule has 2 aromatic heterocycles. The predicted octanol–water partition coefficient (Wildman–Crippen LogP) is 5.75. The molecule has 0 unspecified atom stereocenters. The second kappa shape index (κ2) is 9.73. The lowest BCUT2D eigenvalue weighted by Crippen LogP contribution is -2.16. The van der Waals surface area contributed by atoms with E-state index in [2.05, 4.69) is 36.6 Å². The largest absolute Gasteiger partial charge is 0.495 e. The van der Waals surface area contributed by atoms with Crippen LogP contribution < -0.4 is 15.4 Å². The fourth-order valence-electron chi connectivity index (χ4n) is 4.67. The average Bonchev–Trinajstić information content (AvgIpc) is 3.06. The monoisotopic (exact) mass is 546 g/mol. The van der Waals surface area contributed by atoms with E-state index in [-0.39, 0.29) is 5.91 Å². The summed E-state index contributed by atoms with van der Waals surface area (Å²) in [7, 11) is 3.48. The van der Waals surface area contributed by atoms with Crippen molar-refractivity contribution in [1.29, 1.82) is 0 Å². The van der Waals surface area contributed by atoms with Crippen LogP contribution in [0.25, 0.3) is 11.4 Å². The van der Waals surface area contributed by atoms with Crippen LogP contribution in [0.15, 0.2) is 47.1 Å². The van der Waals surface area contributed by atoms with Crippen LogP contribution in [0.1, 0.15) is 39.2 Å². The predicted molar refractivity (Wildman–Crippen MR) is 144 cm³/mol. The zero-order chi connectivity index (χ0) is 25.4. The summed E-state index contributed by atoms with van der Waals surface area (Å²) in [5, 5.41) is 11.0. The number of hydrogen-bond donors (Lipinski definition) is 2. The van der Waals surface area contributed by atoms with E-state index in [1.54, 1.807) is 11.8 Å². The fraction of sp³-hybridized carbons (Fsp3) is 0.259. The number of rotatable bonds is 5. The number of amides is 1. The van der Waals surface area contributed by atoms with Gasteiger partial charge in [0.25, 0.3) is 5.91 Å². The Labute approximate surface area is 218 Å². The van der Waals surface area contributed by atoms with Crippen molar-refractivity contribution >= 4 is 39.2 Å². The number of anilines is 3. The molecule has 1 aliphatic carbocycles. The molecule has 0 saturated carbocycles. The number of carbonyl (C=O) groups excluding carboxylic acids is 1. The van der Waals surface area contributed by atoms with E-state index in [0.29, 0.717) is 17.4 Å². The maximum Gasteiger partial charge on any atom is 0.276 e. The van der Waals surface area contributed by atoms with Gasteiger partial charge in [-0.1, -0.05) is 34.1 Å². The number of hydrogen-bond acceptors (Lipinski definition) is 6. The minimum absolute atomic E-state index is 0.209. The highest BCUT2D eigenvalue weighted by Gasteiger charge is 2.28. The second-order valence-electron chi connectivity index (χ2n) is 8.91. The first kappa shape index (κ1) is 24.0. The minimum atomic E-state index is -0.209. The molecule has 1 amide bonds. The number of ether oxygens (including phenoxy) is 1. The van der Waals surface area contributed by atoms with Gasteiger partial charge in [0, 0.05) is 29.0 Å². The lowest BCUT2D eigenvalue weighted by Gasteiger charge is -2.13. The molecule has 0 radical (unpaired) electrons. The van der Waals surface area contributed by atoms with E-state index in [1.807, 2.05) is 63.5 Å². The standard InChI is InChI=1S/C27H27BrN6O2/c1-15-7-5-8-16(2)22(15)31-26(35)24-19-10-6-9-17-14-29-27(32-23(17)25(19)34(3)33-24)30-20-12-11-18(28)13-21(20)36-4/h5,7-8,11-14H,6,9-10H2,1-4H3,(H,31,35)(H,29,30,32). The van der Waals surface area contributed by atoms with Gasteiger partial charge in [0.15, 0.2) is 5.69 Å². The van der Waals surface area contributed by atoms with Gasteiger partial charge in [0.2, 0.25) is 5.95 Å². The molecule has 0 aliphatic heterocycles. The van der Waals surface area contributed by atoms with E-state index < -0.39 is 0 Å². The number of nitrogens with zero attached hydrogens (tertiary/aromatic N) is 4. The Morgan fingerprint density at radius 1 is 1.14 bits per heavy atom. The number of methoxy groups -OCH3 is 1. The Bertz CT molecular complexity index is 1460. The zero-order valence-corrected chi connectivity index (χ0v) is 22.2. The SMILES string of the molecule is COc1cc(Br)ccc1Nc1ncc2c(n1)-c1c(c(C(=O)Nc3c(C)cccc3C)nn1C)CCC2. The van der Waals surface area contributed by atoms with Crippen molar-refractivity contribution in [3.05, 3.63) is 75.0 Å². The van der Waals surface area contributed by atoms with Gasteiger partial charge in [-0.25, -0.2) is 9.97 Å². The Hall–Kier alpha value is -3.72. The van der Waals surface area contributed by atoms with Crippen LogP contribution in [0.2, 0.25) is 0 Å². The second-order valence-corrected chi connectivity index (χ2v) is 9.83. The summed E-state index contributed by atoms with van der Waals surface area (Å²) in [4.78, 5) is 22.8. The molecule has 1 aliphatic rings. The minimum Gasteiger partial charge on any atom is -0.495 e. The Kier molecular flexibility index (Phi) is 6.49. The van der Waals surface area contributed by atoms with Gasteiger partial charge in [0.05, 0.1) is 24.2 Å². The van der Waals surface area contributed by atoms with Crippen molar-refractivity contribution < 1.29 is 9.53 Å². The van der Waals surface area contributed by atoms with Crippen LogP contribution in [0.5, 0.6) is 5.75 Å². The highest BCUT2D eigenvalue weighted by Crippen LogP contribution is 2.35. The third-order valence-electron chi connectivity index (χ3n) is 6.45. The highest BCUT2D eigenvalue weighted by atomic mass is 79.9. The lowest BCUT2D eigenvalue weighted by molar-refractivity contribution is 0.102. The summed E-state index contributed by atoms with van der Waals surface area (Å²) in [6.45, 7) is 3.98. The Balaban J connectivity index is 1.52. The first-order chi connectivity index (χ1) is 17.4. The number of halogens is 1. The van der Waals surface area contributed by atoms with Gasteiger partial charge >= 0.3 is 0 Å². The molecule has 36 heavy (non-hydrogen) atoms. The van der Waals surface area contributed by atoms with Gasteiger partial charge in [-0.3, -0.25) is 9.48 Å².